The molecule has 0 bridgehead atoms. The first kappa shape index (κ1) is 12.7. The number of carboxylic acids is 1. The highest BCUT2D eigenvalue weighted by atomic mass is 16.5. The van der Waals surface area contributed by atoms with Crippen LogP contribution in [0.3, 0.4) is 0 Å². The fraction of sp³-hybridized carbons (Fsp3) is 0.385. The second kappa shape index (κ2) is 5.01. The fourth-order valence-corrected chi connectivity index (χ4v) is 2.46. The van der Waals surface area contributed by atoms with Crippen LogP contribution in [0.4, 0.5) is 5.82 Å². The van der Waals surface area contributed by atoms with Crippen LogP contribution in [-0.2, 0) is 9.53 Å². The van der Waals surface area contributed by atoms with Crippen LogP contribution in [0.15, 0.2) is 24.5 Å². The van der Waals surface area contributed by atoms with E-state index in [1.54, 1.807) is 36.5 Å². The average Bonchev–Trinajstić information content (AvgIpc) is 2.91. The highest BCUT2D eigenvalue weighted by Crippen LogP contribution is 2.26. The van der Waals surface area contributed by atoms with E-state index in [1.165, 1.54) is 0 Å². The zero-order valence-corrected chi connectivity index (χ0v) is 10.9. The molecule has 3 rings (SSSR count). The number of nitrogens with zero attached hydrogens (tertiary/aromatic N) is 4. The second-order valence-corrected chi connectivity index (χ2v) is 4.67. The van der Waals surface area contributed by atoms with Gasteiger partial charge in [0, 0.05) is 32.5 Å². The number of fused-ring (bicyclic) bond motifs is 1. The lowest BCUT2D eigenvalue weighted by Gasteiger charge is -2.22. The van der Waals surface area contributed by atoms with Gasteiger partial charge < -0.3 is 14.7 Å². The minimum Gasteiger partial charge on any atom is -0.480 e. The van der Waals surface area contributed by atoms with E-state index in [4.69, 9.17) is 4.74 Å². The lowest BCUT2D eigenvalue weighted by atomic mass is 10.2. The lowest BCUT2D eigenvalue weighted by molar-refractivity contribution is -0.138. The standard InChI is InChI=1S/C13H14N4O3/c1-20-8-6-10(13(18)19)17(7-8)11-3-2-9-12(16-11)15-5-4-14-9/h2-5,8,10H,6-7H2,1H3,(H,18,19). The van der Waals surface area contributed by atoms with E-state index in [1.807, 2.05) is 0 Å². The smallest absolute Gasteiger partial charge is 0.326 e. The van der Waals surface area contributed by atoms with Gasteiger partial charge in [0.05, 0.1) is 6.10 Å². The second-order valence-electron chi connectivity index (χ2n) is 4.67. The Bertz CT molecular complexity index is 648. The molecule has 0 aliphatic carbocycles. The van der Waals surface area contributed by atoms with Crippen LogP contribution in [0.5, 0.6) is 0 Å². The minimum absolute atomic E-state index is 0.101. The first-order valence-corrected chi connectivity index (χ1v) is 6.29. The van der Waals surface area contributed by atoms with Gasteiger partial charge in [0.1, 0.15) is 17.4 Å². The zero-order chi connectivity index (χ0) is 14.1. The van der Waals surface area contributed by atoms with Crippen molar-refractivity contribution in [2.45, 2.75) is 18.6 Å². The van der Waals surface area contributed by atoms with Crippen molar-refractivity contribution in [2.24, 2.45) is 0 Å². The first-order valence-electron chi connectivity index (χ1n) is 6.29. The largest absolute Gasteiger partial charge is 0.480 e. The van der Waals surface area contributed by atoms with Crippen molar-refractivity contribution < 1.29 is 14.6 Å². The molecule has 0 amide bonds. The van der Waals surface area contributed by atoms with Gasteiger partial charge >= 0.3 is 5.97 Å². The molecule has 104 valence electrons. The molecule has 1 saturated heterocycles. The molecular formula is C13H14N4O3. The third-order valence-electron chi connectivity index (χ3n) is 3.49. The predicted octanol–water partition coefficient (Wildman–Crippen LogP) is 0.703. The van der Waals surface area contributed by atoms with Crippen molar-refractivity contribution in [3.63, 3.8) is 0 Å². The Kier molecular flexibility index (Phi) is 3.19. The highest BCUT2D eigenvalue weighted by Gasteiger charge is 2.37. The summed E-state index contributed by atoms with van der Waals surface area (Å²) >= 11 is 0. The number of ether oxygens (including phenoxy) is 1. The van der Waals surface area contributed by atoms with Crippen molar-refractivity contribution in [1.29, 1.82) is 0 Å². The number of carbonyl (C=O) groups is 1. The number of anilines is 1. The van der Waals surface area contributed by atoms with E-state index in [0.717, 1.165) is 0 Å². The molecular weight excluding hydrogens is 260 g/mol. The van der Waals surface area contributed by atoms with Crippen LogP contribution < -0.4 is 4.90 Å². The number of hydrogen-bond donors (Lipinski definition) is 1. The molecule has 20 heavy (non-hydrogen) atoms. The van der Waals surface area contributed by atoms with E-state index in [0.29, 0.717) is 29.9 Å². The normalized spacial score (nSPS) is 22.4. The Labute approximate surface area is 115 Å². The number of carboxylic acid groups (broad SMARTS) is 1. The van der Waals surface area contributed by atoms with Crippen LogP contribution in [0, 0.1) is 0 Å². The van der Waals surface area contributed by atoms with Crippen molar-refractivity contribution in [2.75, 3.05) is 18.6 Å². The van der Waals surface area contributed by atoms with Gasteiger partial charge in [0.2, 0.25) is 0 Å². The highest BCUT2D eigenvalue weighted by molar-refractivity contribution is 5.80. The van der Waals surface area contributed by atoms with E-state index in [2.05, 4.69) is 15.0 Å². The summed E-state index contributed by atoms with van der Waals surface area (Å²) in [5.41, 5.74) is 1.20. The van der Waals surface area contributed by atoms with Crippen LogP contribution in [0.1, 0.15) is 6.42 Å². The summed E-state index contributed by atoms with van der Waals surface area (Å²) < 4.78 is 5.27. The van der Waals surface area contributed by atoms with Crippen molar-refractivity contribution in [3.05, 3.63) is 24.5 Å². The molecule has 3 heterocycles. The summed E-state index contributed by atoms with van der Waals surface area (Å²) in [5.74, 6) is -0.282. The van der Waals surface area contributed by atoms with Gasteiger partial charge in [-0.15, -0.1) is 0 Å². The van der Waals surface area contributed by atoms with Crippen molar-refractivity contribution >= 4 is 23.0 Å². The number of aromatic nitrogens is 3. The first-order chi connectivity index (χ1) is 9.69. The topological polar surface area (TPSA) is 88.4 Å². The Morgan fingerprint density at radius 2 is 2.20 bits per heavy atom. The number of hydrogen-bond acceptors (Lipinski definition) is 6. The van der Waals surface area contributed by atoms with E-state index >= 15 is 0 Å². The van der Waals surface area contributed by atoms with Gasteiger partial charge in [-0.25, -0.2) is 14.8 Å². The molecule has 2 aromatic rings. The van der Waals surface area contributed by atoms with Gasteiger partial charge in [-0.2, -0.15) is 0 Å². The van der Waals surface area contributed by atoms with Crippen LogP contribution >= 0.6 is 0 Å². The van der Waals surface area contributed by atoms with Gasteiger partial charge in [-0.05, 0) is 12.1 Å². The Balaban J connectivity index is 1.98. The fourth-order valence-electron chi connectivity index (χ4n) is 2.46. The molecule has 1 aliphatic rings. The number of aliphatic carboxylic acids is 1. The third-order valence-corrected chi connectivity index (χ3v) is 3.49. The summed E-state index contributed by atoms with van der Waals surface area (Å²) in [6.45, 7) is 0.506. The summed E-state index contributed by atoms with van der Waals surface area (Å²) in [5, 5.41) is 9.32. The molecule has 2 aromatic heterocycles. The summed E-state index contributed by atoms with van der Waals surface area (Å²) in [6, 6.07) is 2.94. The molecule has 0 radical (unpaired) electrons. The van der Waals surface area contributed by atoms with Crippen molar-refractivity contribution in [3.8, 4) is 0 Å². The molecule has 1 N–H and O–H groups in total. The number of methoxy groups -OCH3 is 1. The minimum atomic E-state index is -0.870. The van der Waals surface area contributed by atoms with Crippen molar-refractivity contribution in [1.82, 2.24) is 15.0 Å². The Morgan fingerprint density at radius 1 is 1.40 bits per heavy atom. The third kappa shape index (κ3) is 2.16. The van der Waals surface area contributed by atoms with Gasteiger partial charge in [-0.1, -0.05) is 0 Å². The molecule has 1 fully saturated rings. The average molecular weight is 274 g/mol. The SMILES string of the molecule is COC1CC(C(=O)O)N(c2ccc3nccnc3n2)C1. The molecule has 7 heteroatoms. The monoisotopic (exact) mass is 274 g/mol. The Hall–Kier alpha value is -2.28. The molecule has 1 aliphatic heterocycles. The molecule has 2 unspecified atom stereocenters. The summed E-state index contributed by atoms with van der Waals surface area (Å²) in [7, 11) is 1.59. The molecule has 7 nitrogen and oxygen atoms in total. The molecule has 0 spiro atoms. The van der Waals surface area contributed by atoms with Crippen LogP contribution in [-0.4, -0.2) is 51.8 Å². The van der Waals surface area contributed by atoms with Gasteiger partial charge in [0.25, 0.3) is 0 Å². The van der Waals surface area contributed by atoms with Gasteiger partial charge in [-0.3, -0.25) is 4.98 Å². The van der Waals surface area contributed by atoms with E-state index in [9.17, 15) is 9.90 Å². The maximum absolute atomic E-state index is 11.4. The van der Waals surface area contributed by atoms with Crippen LogP contribution in [0.25, 0.3) is 11.2 Å². The van der Waals surface area contributed by atoms with E-state index < -0.39 is 12.0 Å². The molecule has 2 atom stereocenters. The quantitative estimate of drug-likeness (QED) is 0.881. The predicted molar refractivity (Wildman–Crippen MR) is 71.5 cm³/mol. The maximum atomic E-state index is 11.4. The number of pyridine rings is 1. The lowest BCUT2D eigenvalue weighted by Crippen LogP contribution is -2.36. The molecule has 0 aromatic carbocycles. The van der Waals surface area contributed by atoms with Gasteiger partial charge in [0.15, 0.2) is 5.65 Å². The number of rotatable bonds is 3. The van der Waals surface area contributed by atoms with E-state index in [-0.39, 0.29) is 6.10 Å². The zero-order valence-electron chi connectivity index (χ0n) is 10.9. The Morgan fingerprint density at radius 3 is 2.95 bits per heavy atom. The van der Waals surface area contributed by atoms with Crippen LogP contribution in [0.2, 0.25) is 0 Å². The summed E-state index contributed by atoms with van der Waals surface area (Å²) in [4.78, 5) is 25.8. The molecule has 0 saturated carbocycles. The summed E-state index contributed by atoms with van der Waals surface area (Å²) in [6.07, 6.45) is 3.51. The maximum Gasteiger partial charge on any atom is 0.326 e.